The van der Waals surface area contributed by atoms with Crippen LogP contribution in [0.15, 0.2) is 71.9 Å². The number of nitrogens with one attached hydrogen (secondary N) is 1. The molecule has 2 aromatic heterocycles. The fourth-order valence-electron chi connectivity index (χ4n) is 2.97. The fraction of sp³-hybridized carbons (Fsp3) is 0.0500. The lowest BCUT2D eigenvalue weighted by molar-refractivity contribution is 0.607. The van der Waals surface area contributed by atoms with Crippen molar-refractivity contribution in [3.63, 3.8) is 0 Å². The van der Waals surface area contributed by atoms with Gasteiger partial charge >= 0.3 is 0 Å². The first-order valence-electron chi connectivity index (χ1n) is 8.16. The van der Waals surface area contributed by atoms with E-state index in [1.807, 2.05) is 12.1 Å². The minimum atomic E-state index is -3.43. The molecule has 6 nitrogen and oxygen atoms in total. The maximum absolute atomic E-state index is 13.2. The molecule has 0 aliphatic carbocycles. The standard InChI is InChI=1S/C20H15N3O3S/c1-27(25,26)23-16-6-4-13-5-7-19-18(20(24)17(13)10-16)9-15(12-22-19)14-3-2-8-21-11-14/h2-12,23H,1H3. The van der Waals surface area contributed by atoms with Crippen LogP contribution in [0.4, 0.5) is 5.69 Å². The van der Waals surface area contributed by atoms with Crippen molar-refractivity contribution in [1.82, 2.24) is 9.97 Å². The van der Waals surface area contributed by atoms with Gasteiger partial charge in [0.2, 0.25) is 10.0 Å². The van der Waals surface area contributed by atoms with Crippen LogP contribution in [0.1, 0.15) is 0 Å². The second-order valence-electron chi connectivity index (χ2n) is 6.24. The predicted molar refractivity (Wildman–Crippen MR) is 107 cm³/mol. The summed E-state index contributed by atoms with van der Waals surface area (Å²) < 4.78 is 25.4. The van der Waals surface area contributed by atoms with Gasteiger partial charge in [0.15, 0.2) is 5.43 Å². The van der Waals surface area contributed by atoms with Crippen molar-refractivity contribution in [2.45, 2.75) is 0 Å². The van der Waals surface area contributed by atoms with Crippen molar-refractivity contribution in [3.8, 4) is 11.1 Å². The van der Waals surface area contributed by atoms with Crippen molar-refractivity contribution in [2.75, 3.05) is 11.0 Å². The summed E-state index contributed by atoms with van der Waals surface area (Å²) in [7, 11) is -3.43. The minimum absolute atomic E-state index is 0.208. The number of fused-ring (bicyclic) bond motifs is 2. The molecule has 0 spiro atoms. The van der Waals surface area contributed by atoms with Gasteiger partial charge in [-0.05, 0) is 35.7 Å². The Balaban J connectivity index is 1.99. The first kappa shape index (κ1) is 17.1. The van der Waals surface area contributed by atoms with Crippen LogP contribution >= 0.6 is 0 Å². The van der Waals surface area contributed by atoms with Gasteiger partial charge in [-0.1, -0.05) is 18.2 Å². The summed E-state index contributed by atoms with van der Waals surface area (Å²) in [6.45, 7) is 0. The van der Waals surface area contributed by atoms with Gasteiger partial charge in [-0.25, -0.2) is 8.42 Å². The topological polar surface area (TPSA) is 89.0 Å². The molecule has 0 radical (unpaired) electrons. The molecule has 0 saturated heterocycles. The Bertz CT molecular complexity index is 1340. The lowest BCUT2D eigenvalue weighted by atomic mass is 10.1. The Labute approximate surface area is 155 Å². The van der Waals surface area contributed by atoms with E-state index >= 15 is 0 Å². The van der Waals surface area contributed by atoms with Gasteiger partial charge in [-0.2, -0.15) is 0 Å². The van der Waals surface area contributed by atoms with Crippen LogP contribution in [0, 0.1) is 0 Å². The number of rotatable bonds is 3. The molecule has 0 atom stereocenters. The number of anilines is 1. The molecule has 1 N–H and O–H groups in total. The average Bonchev–Trinajstić information content (AvgIpc) is 2.78. The molecule has 134 valence electrons. The molecule has 0 bridgehead atoms. The van der Waals surface area contributed by atoms with E-state index in [-0.39, 0.29) is 5.43 Å². The third kappa shape index (κ3) is 3.50. The number of benzene rings is 1. The van der Waals surface area contributed by atoms with Crippen LogP contribution in [0.5, 0.6) is 0 Å². The Morgan fingerprint density at radius 2 is 1.74 bits per heavy atom. The number of hydrogen-bond acceptors (Lipinski definition) is 5. The third-order valence-corrected chi connectivity index (χ3v) is 4.79. The zero-order chi connectivity index (χ0) is 19.0. The van der Waals surface area contributed by atoms with Crippen LogP contribution in [0.2, 0.25) is 0 Å². The highest BCUT2D eigenvalue weighted by Gasteiger charge is 2.08. The molecule has 7 heteroatoms. The van der Waals surface area contributed by atoms with E-state index in [2.05, 4.69) is 14.7 Å². The minimum Gasteiger partial charge on any atom is -0.289 e. The molecule has 0 aliphatic rings. The van der Waals surface area contributed by atoms with Crippen molar-refractivity contribution < 1.29 is 8.42 Å². The lowest BCUT2D eigenvalue weighted by Crippen LogP contribution is -2.10. The first-order chi connectivity index (χ1) is 12.9. The molecule has 27 heavy (non-hydrogen) atoms. The zero-order valence-corrected chi connectivity index (χ0v) is 15.2. The summed E-state index contributed by atoms with van der Waals surface area (Å²) in [5, 5.41) is 1.59. The van der Waals surface area contributed by atoms with Crippen LogP contribution in [-0.2, 0) is 10.0 Å². The van der Waals surface area contributed by atoms with Gasteiger partial charge in [0, 0.05) is 46.2 Å². The van der Waals surface area contributed by atoms with E-state index in [9.17, 15) is 13.2 Å². The van der Waals surface area contributed by atoms with Crippen LogP contribution in [0.3, 0.4) is 0 Å². The Kier molecular flexibility index (Phi) is 4.08. The number of hydrogen-bond donors (Lipinski definition) is 1. The van der Waals surface area contributed by atoms with Gasteiger partial charge < -0.3 is 0 Å². The monoisotopic (exact) mass is 377 g/mol. The molecular formula is C20H15N3O3S. The zero-order valence-electron chi connectivity index (χ0n) is 14.4. The normalized spacial score (nSPS) is 11.6. The van der Waals surface area contributed by atoms with Crippen LogP contribution in [0.25, 0.3) is 32.8 Å². The maximum Gasteiger partial charge on any atom is 0.229 e. The highest BCUT2D eigenvalue weighted by molar-refractivity contribution is 7.92. The van der Waals surface area contributed by atoms with E-state index < -0.39 is 10.0 Å². The van der Waals surface area contributed by atoms with Crippen LogP contribution in [-0.4, -0.2) is 24.6 Å². The second kappa shape index (κ2) is 6.44. The third-order valence-electron chi connectivity index (χ3n) is 4.18. The van der Waals surface area contributed by atoms with E-state index in [0.717, 1.165) is 17.4 Å². The smallest absolute Gasteiger partial charge is 0.229 e. The lowest BCUT2D eigenvalue weighted by Gasteiger charge is -2.04. The van der Waals surface area contributed by atoms with Gasteiger partial charge in [-0.3, -0.25) is 19.5 Å². The average molecular weight is 377 g/mol. The second-order valence-corrected chi connectivity index (χ2v) is 7.99. The maximum atomic E-state index is 13.2. The van der Waals surface area contributed by atoms with E-state index in [4.69, 9.17) is 0 Å². The van der Waals surface area contributed by atoms with Crippen molar-refractivity contribution in [3.05, 3.63) is 77.3 Å². The number of pyridine rings is 2. The quantitative estimate of drug-likeness (QED) is 0.592. The molecule has 0 aliphatic heterocycles. The van der Waals surface area contributed by atoms with E-state index in [0.29, 0.717) is 27.4 Å². The predicted octanol–water partition coefficient (Wildman–Crippen LogP) is 3.18. The SMILES string of the molecule is CS(=O)(=O)Nc1ccc2ccc3ncc(-c4cccnc4)cc3c(=O)c2c1. The Hall–Kier alpha value is -3.32. The van der Waals surface area contributed by atoms with Crippen molar-refractivity contribution >= 4 is 37.4 Å². The highest BCUT2D eigenvalue weighted by Crippen LogP contribution is 2.23. The highest BCUT2D eigenvalue weighted by atomic mass is 32.2. The molecule has 0 saturated carbocycles. The molecular weight excluding hydrogens is 362 g/mol. The molecule has 0 fully saturated rings. The molecule has 4 aromatic rings. The van der Waals surface area contributed by atoms with Gasteiger partial charge in [0.1, 0.15) is 0 Å². The van der Waals surface area contributed by atoms with Gasteiger partial charge in [0.05, 0.1) is 11.8 Å². The van der Waals surface area contributed by atoms with E-state index in [1.54, 1.807) is 55.0 Å². The number of nitrogens with zero attached hydrogens (tertiary/aromatic N) is 2. The molecule has 2 aromatic carbocycles. The summed E-state index contributed by atoms with van der Waals surface area (Å²) in [6.07, 6.45) is 6.17. The summed E-state index contributed by atoms with van der Waals surface area (Å²) in [4.78, 5) is 21.7. The first-order valence-corrected chi connectivity index (χ1v) is 10.0. The summed E-state index contributed by atoms with van der Waals surface area (Å²) in [5.41, 5.74) is 2.36. The molecule has 2 heterocycles. The number of aromatic nitrogens is 2. The Morgan fingerprint density at radius 1 is 0.926 bits per heavy atom. The van der Waals surface area contributed by atoms with Crippen LogP contribution < -0.4 is 10.2 Å². The summed E-state index contributed by atoms with van der Waals surface area (Å²) in [6, 6.07) is 14.0. The summed E-state index contributed by atoms with van der Waals surface area (Å²) >= 11 is 0. The molecule has 4 rings (SSSR count). The Morgan fingerprint density at radius 3 is 2.48 bits per heavy atom. The van der Waals surface area contributed by atoms with Crippen molar-refractivity contribution in [1.29, 1.82) is 0 Å². The molecule has 0 amide bonds. The number of sulfonamides is 1. The van der Waals surface area contributed by atoms with Gasteiger partial charge in [-0.15, -0.1) is 0 Å². The fourth-order valence-corrected chi connectivity index (χ4v) is 3.53. The molecule has 0 unspecified atom stereocenters. The van der Waals surface area contributed by atoms with E-state index in [1.165, 1.54) is 0 Å². The summed E-state index contributed by atoms with van der Waals surface area (Å²) in [5.74, 6) is 0. The van der Waals surface area contributed by atoms with Gasteiger partial charge in [0.25, 0.3) is 0 Å². The largest absolute Gasteiger partial charge is 0.289 e. The van der Waals surface area contributed by atoms with Crippen molar-refractivity contribution in [2.24, 2.45) is 0 Å².